The van der Waals surface area contributed by atoms with Gasteiger partial charge in [-0.3, -0.25) is 19.2 Å². The van der Waals surface area contributed by atoms with E-state index in [4.69, 9.17) is 5.11 Å². The number of rotatable bonds is 7. The second-order valence-corrected chi connectivity index (χ2v) is 5.35. The highest BCUT2D eigenvalue weighted by Gasteiger charge is 2.09. The largest absolute Gasteiger partial charge is 0.480 e. The number of nitrogens with zero attached hydrogens (tertiary/aromatic N) is 1. The lowest BCUT2D eigenvalue weighted by Gasteiger charge is -2.08. The zero-order chi connectivity index (χ0) is 18.4. The van der Waals surface area contributed by atoms with Crippen LogP contribution in [0.4, 0.5) is 5.69 Å². The molecule has 25 heavy (non-hydrogen) atoms. The van der Waals surface area contributed by atoms with Crippen molar-refractivity contribution in [3.63, 3.8) is 0 Å². The predicted octanol–water partition coefficient (Wildman–Crippen LogP) is -0.0833. The second kappa shape index (κ2) is 7.95. The Balaban J connectivity index is 1.91. The van der Waals surface area contributed by atoms with Crippen LogP contribution in [0.15, 0.2) is 30.5 Å². The van der Waals surface area contributed by atoms with Gasteiger partial charge in [-0.1, -0.05) is 0 Å². The fourth-order valence-corrected chi connectivity index (χ4v) is 2.21. The zero-order valence-corrected chi connectivity index (χ0v) is 13.5. The number of carbonyl (C=O) groups is 4. The van der Waals surface area contributed by atoms with Gasteiger partial charge >= 0.3 is 5.97 Å². The lowest BCUT2D eigenvalue weighted by Crippen LogP contribution is -2.39. The van der Waals surface area contributed by atoms with Gasteiger partial charge in [0.2, 0.25) is 17.7 Å². The number of carboxylic acids is 1. The smallest absolute Gasteiger partial charge is 0.323 e. The van der Waals surface area contributed by atoms with Gasteiger partial charge in [0.25, 0.3) is 0 Å². The summed E-state index contributed by atoms with van der Waals surface area (Å²) in [6.07, 6.45) is 1.66. The molecule has 0 saturated carbocycles. The van der Waals surface area contributed by atoms with E-state index in [9.17, 15) is 19.2 Å². The first-order valence-electron chi connectivity index (χ1n) is 7.47. The number of aliphatic carboxylic acids is 1. The molecule has 0 atom stereocenters. The van der Waals surface area contributed by atoms with Gasteiger partial charge in [0, 0.05) is 29.7 Å². The Morgan fingerprint density at radius 1 is 1.04 bits per heavy atom. The molecule has 1 heterocycles. The van der Waals surface area contributed by atoms with Gasteiger partial charge in [0.15, 0.2) is 0 Å². The first kappa shape index (κ1) is 18.0. The summed E-state index contributed by atoms with van der Waals surface area (Å²) in [6.45, 7) is 0.734. The molecule has 0 aliphatic rings. The fourth-order valence-electron chi connectivity index (χ4n) is 2.21. The van der Waals surface area contributed by atoms with Crippen molar-refractivity contribution >= 4 is 40.3 Å². The van der Waals surface area contributed by atoms with Crippen molar-refractivity contribution in [2.75, 3.05) is 18.4 Å². The van der Waals surface area contributed by atoms with E-state index >= 15 is 0 Å². The molecule has 0 aliphatic carbocycles. The number of carbonyl (C=O) groups excluding carboxylic acids is 3. The SMILES string of the molecule is CC(=O)NCC(=O)NCC(=O)Nc1ccc2c(ccn2CC(=O)O)c1. The summed E-state index contributed by atoms with van der Waals surface area (Å²) in [5, 5.41) is 17.0. The van der Waals surface area contributed by atoms with Gasteiger partial charge < -0.3 is 25.6 Å². The van der Waals surface area contributed by atoms with Crippen molar-refractivity contribution in [1.82, 2.24) is 15.2 Å². The van der Waals surface area contributed by atoms with Crippen LogP contribution in [-0.2, 0) is 25.7 Å². The fraction of sp³-hybridized carbons (Fsp3) is 0.250. The highest BCUT2D eigenvalue weighted by molar-refractivity contribution is 5.97. The second-order valence-electron chi connectivity index (χ2n) is 5.35. The molecule has 0 aliphatic heterocycles. The van der Waals surface area contributed by atoms with Crippen LogP contribution < -0.4 is 16.0 Å². The highest BCUT2D eigenvalue weighted by atomic mass is 16.4. The average molecular weight is 346 g/mol. The number of hydrogen-bond donors (Lipinski definition) is 4. The summed E-state index contributed by atoms with van der Waals surface area (Å²) in [6, 6.07) is 6.83. The molecule has 0 fully saturated rings. The monoisotopic (exact) mass is 346 g/mol. The van der Waals surface area contributed by atoms with E-state index in [1.807, 2.05) is 0 Å². The molecule has 0 bridgehead atoms. The molecule has 0 saturated heterocycles. The molecule has 2 aromatic rings. The van der Waals surface area contributed by atoms with Gasteiger partial charge in [-0.15, -0.1) is 0 Å². The molecule has 0 spiro atoms. The standard InChI is InChI=1S/C16H18N4O5/c1-10(21)17-7-14(22)18-8-15(23)19-12-2-3-13-11(6-12)4-5-20(13)9-16(24)25/h2-6H,7-9H2,1H3,(H,17,21)(H,18,22)(H,19,23)(H,24,25). The van der Waals surface area contributed by atoms with Gasteiger partial charge in [-0.2, -0.15) is 0 Å². The lowest BCUT2D eigenvalue weighted by molar-refractivity contribution is -0.137. The number of anilines is 1. The maximum absolute atomic E-state index is 11.8. The zero-order valence-electron chi connectivity index (χ0n) is 13.5. The van der Waals surface area contributed by atoms with Crippen molar-refractivity contribution in [3.8, 4) is 0 Å². The Morgan fingerprint density at radius 3 is 2.44 bits per heavy atom. The molecular weight excluding hydrogens is 328 g/mol. The van der Waals surface area contributed by atoms with Crippen LogP contribution in [0.25, 0.3) is 10.9 Å². The first-order valence-corrected chi connectivity index (χ1v) is 7.47. The van der Waals surface area contributed by atoms with E-state index in [0.717, 1.165) is 10.9 Å². The van der Waals surface area contributed by atoms with Crippen molar-refractivity contribution in [3.05, 3.63) is 30.5 Å². The van der Waals surface area contributed by atoms with E-state index in [0.29, 0.717) is 5.69 Å². The maximum atomic E-state index is 11.8. The number of aromatic nitrogens is 1. The Morgan fingerprint density at radius 2 is 1.76 bits per heavy atom. The van der Waals surface area contributed by atoms with Crippen molar-refractivity contribution in [2.45, 2.75) is 13.5 Å². The number of amides is 3. The molecule has 132 valence electrons. The van der Waals surface area contributed by atoms with E-state index < -0.39 is 17.8 Å². The molecule has 3 amide bonds. The van der Waals surface area contributed by atoms with E-state index in [1.165, 1.54) is 6.92 Å². The third-order valence-electron chi connectivity index (χ3n) is 3.30. The number of benzene rings is 1. The molecule has 4 N–H and O–H groups in total. The number of hydrogen-bond acceptors (Lipinski definition) is 4. The number of carboxylic acid groups (broad SMARTS) is 1. The molecule has 0 unspecified atom stereocenters. The topological polar surface area (TPSA) is 130 Å². The Labute approximate surface area is 143 Å². The Bertz CT molecular complexity index is 827. The van der Waals surface area contributed by atoms with Crippen LogP contribution >= 0.6 is 0 Å². The normalized spacial score (nSPS) is 10.3. The summed E-state index contributed by atoms with van der Waals surface area (Å²) in [7, 11) is 0. The molecule has 9 heteroatoms. The number of fused-ring (bicyclic) bond motifs is 1. The van der Waals surface area contributed by atoms with E-state index in [1.54, 1.807) is 35.0 Å². The lowest BCUT2D eigenvalue weighted by atomic mass is 10.2. The predicted molar refractivity (Wildman–Crippen MR) is 89.9 cm³/mol. The van der Waals surface area contributed by atoms with Crippen molar-refractivity contribution in [1.29, 1.82) is 0 Å². The quantitative estimate of drug-likeness (QED) is 0.557. The van der Waals surface area contributed by atoms with Crippen LogP contribution in [0.3, 0.4) is 0 Å². The third-order valence-corrected chi connectivity index (χ3v) is 3.30. The van der Waals surface area contributed by atoms with Crippen molar-refractivity contribution in [2.24, 2.45) is 0 Å². The molecular formula is C16H18N4O5. The van der Waals surface area contributed by atoms with Crippen LogP contribution in [0.5, 0.6) is 0 Å². The molecule has 1 aromatic carbocycles. The highest BCUT2D eigenvalue weighted by Crippen LogP contribution is 2.20. The molecule has 2 rings (SSSR count). The third kappa shape index (κ3) is 5.34. The van der Waals surface area contributed by atoms with Gasteiger partial charge in [-0.05, 0) is 24.3 Å². The summed E-state index contributed by atoms with van der Waals surface area (Å²) in [5.74, 6) is -2.15. The van der Waals surface area contributed by atoms with Gasteiger partial charge in [0.05, 0.1) is 13.1 Å². The first-order chi connectivity index (χ1) is 11.8. The minimum Gasteiger partial charge on any atom is -0.480 e. The van der Waals surface area contributed by atoms with Crippen LogP contribution in [0, 0.1) is 0 Å². The van der Waals surface area contributed by atoms with Crippen LogP contribution in [0.1, 0.15) is 6.92 Å². The van der Waals surface area contributed by atoms with Gasteiger partial charge in [0.1, 0.15) is 6.54 Å². The van der Waals surface area contributed by atoms with E-state index in [2.05, 4.69) is 16.0 Å². The van der Waals surface area contributed by atoms with Crippen LogP contribution in [0.2, 0.25) is 0 Å². The summed E-state index contributed by atoms with van der Waals surface area (Å²) in [4.78, 5) is 44.7. The Hall–Kier alpha value is -3.36. The average Bonchev–Trinajstić information content (AvgIpc) is 2.92. The summed E-state index contributed by atoms with van der Waals surface area (Å²) in [5.41, 5.74) is 1.27. The molecule has 9 nitrogen and oxygen atoms in total. The minimum atomic E-state index is -0.940. The van der Waals surface area contributed by atoms with Crippen molar-refractivity contribution < 1.29 is 24.3 Å². The maximum Gasteiger partial charge on any atom is 0.323 e. The Kier molecular flexibility index (Phi) is 5.72. The molecule has 1 aromatic heterocycles. The summed E-state index contributed by atoms with van der Waals surface area (Å²) >= 11 is 0. The minimum absolute atomic E-state index is 0.143. The van der Waals surface area contributed by atoms with Crippen LogP contribution in [-0.4, -0.2) is 46.5 Å². The number of nitrogens with one attached hydrogen (secondary N) is 3. The summed E-state index contributed by atoms with van der Waals surface area (Å²) < 4.78 is 1.59. The molecule has 0 radical (unpaired) electrons. The van der Waals surface area contributed by atoms with E-state index in [-0.39, 0.29) is 25.5 Å². The van der Waals surface area contributed by atoms with Gasteiger partial charge in [-0.25, -0.2) is 0 Å².